The van der Waals surface area contributed by atoms with Crippen molar-refractivity contribution >= 4 is 11.7 Å². The SMILES string of the molecule is COc1ccc(C(=O)CCC(=O)NCC2NCCc3ccccc32)cc1F. The fraction of sp³-hybridized carbons (Fsp3) is 0.333. The quantitative estimate of drug-likeness (QED) is 0.736. The first-order valence-corrected chi connectivity index (χ1v) is 9.03. The van der Waals surface area contributed by atoms with Crippen LogP contribution in [0.5, 0.6) is 5.75 Å². The number of rotatable bonds is 7. The molecule has 0 radical (unpaired) electrons. The summed E-state index contributed by atoms with van der Waals surface area (Å²) in [5, 5.41) is 6.29. The molecule has 5 nitrogen and oxygen atoms in total. The Morgan fingerprint density at radius 3 is 2.81 bits per heavy atom. The third-order valence-corrected chi connectivity index (χ3v) is 4.77. The molecule has 1 unspecified atom stereocenters. The predicted octanol–water partition coefficient (Wildman–Crippen LogP) is 2.80. The van der Waals surface area contributed by atoms with Crippen LogP contribution in [0.25, 0.3) is 0 Å². The molecule has 2 N–H and O–H groups in total. The number of amides is 1. The molecule has 2 aromatic rings. The van der Waals surface area contributed by atoms with Crippen molar-refractivity contribution in [3.63, 3.8) is 0 Å². The van der Waals surface area contributed by atoms with E-state index < -0.39 is 5.82 Å². The van der Waals surface area contributed by atoms with Gasteiger partial charge in [0.1, 0.15) is 0 Å². The Balaban J connectivity index is 1.49. The van der Waals surface area contributed by atoms with Crippen molar-refractivity contribution in [2.45, 2.75) is 25.3 Å². The smallest absolute Gasteiger partial charge is 0.220 e. The summed E-state index contributed by atoms with van der Waals surface area (Å²) in [5.41, 5.74) is 2.74. The number of Topliss-reactive ketones (excluding diaryl/α,β-unsaturated/α-hetero) is 1. The van der Waals surface area contributed by atoms with E-state index in [9.17, 15) is 14.0 Å². The monoisotopic (exact) mass is 370 g/mol. The average molecular weight is 370 g/mol. The van der Waals surface area contributed by atoms with Gasteiger partial charge in [0, 0.05) is 31.0 Å². The van der Waals surface area contributed by atoms with E-state index in [-0.39, 0.29) is 41.9 Å². The van der Waals surface area contributed by atoms with Gasteiger partial charge in [-0.2, -0.15) is 0 Å². The molecule has 3 rings (SSSR count). The average Bonchev–Trinajstić information content (AvgIpc) is 2.70. The van der Waals surface area contributed by atoms with Gasteiger partial charge in [0.2, 0.25) is 5.91 Å². The lowest BCUT2D eigenvalue weighted by Crippen LogP contribution is -2.38. The fourth-order valence-electron chi connectivity index (χ4n) is 3.29. The second-order valence-corrected chi connectivity index (χ2v) is 6.53. The Hall–Kier alpha value is -2.73. The molecule has 2 aromatic carbocycles. The molecule has 142 valence electrons. The number of nitrogens with one attached hydrogen (secondary N) is 2. The molecule has 0 saturated carbocycles. The van der Waals surface area contributed by atoms with Crippen molar-refractivity contribution in [3.8, 4) is 5.75 Å². The van der Waals surface area contributed by atoms with Crippen LogP contribution in [0, 0.1) is 5.82 Å². The normalized spacial score (nSPS) is 15.7. The van der Waals surface area contributed by atoms with Crippen LogP contribution in [0.3, 0.4) is 0 Å². The molecule has 1 heterocycles. The highest BCUT2D eigenvalue weighted by Gasteiger charge is 2.20. The summed E-state index contributed by atoms with van der Waals surface area (Å²) in [4.78, 5) is 24.3. The van der Waals surface area contributed by atoms with Gasteiger partial charge in [0.05, 0.1) is 7.11 Å². The lowest BCUT2D eigenvalue weighted by Gasteiger charge is -2.27. The maximum Gasteiger partial charge on any atom is 0.220 e. The summed E-state index contributed by atoms with van der Waals surface area (Å²) < 4.78 is 18.5. The molecular formula is C21H23FN2O3. The van der Waals surface area contributed by atoms with Gasteiger partial charge in [-0.15, -0.1) is 0 Å². The molecule has 0 aliphatic carbocycles. The molecule has 1 atom stereocenters. The highest BCUT2D eigenvalue weighted by molar-refractivity contribution is 5.98. The van der Waals surface area contributed by atoms with Gasteiger partial charge in [0.15, 0.2) is 17.3 Å². The Morgan fingerprint density at radius 1 is 1.22 bits per heavy atom. The fourth-order valence-corrected chi connectivity index (χ4v) is 3.29. The third-order valence-electron chi connectivity index (χ3n) is 4.77. The molecule has 0 spiro atoms. The highest BCUT2D eigenvalue weighted by atomic mass is 19.1. The zero-order chi connectivity index (χ0) is 19.2. The molecule has 0 aromatic heterocycles. The molecule has 1 aliphatic heterocycles. The van der Waals surface area contributed by atoms with Crippen LogP contribution >= 0.6 is 0 Å². The van der Waals surface area contributed by atoms with Crippen molar-refractivity contribution in [1.29, 1.82) is 0 Å². The van der Waals surface area contributed by atoms with Gasteiger partial charge in [-0.05, 0) is 42.3 Å². The van der Waals surface area contributed by atoms with Crippen molar-refractivity contribution in [2.75, 3.05) is 20.2 Å². The summed E-state index contributed by atoms with van der Waals surface area (Å²) >= 11 is 0. The first-order chi connectivity index (χ1) is 13.1. The first-order valence-electron chi connectivity index (χ1n) is 9.03. The lowest BCUT2D eigenvalue weighted by molar-refractivity contribution is -0.121. The highest BCUT2D eigenvalue weighted by Crippen LogP contribution is 2.22. The summed E-state index contributed by atoms with van der Waals surface area (Å²) in [6.45, 7) is 1.35. The summed E-state index contributed by atoms with van der Waals surface area (Å²) in [7, 11) is 1.36. The van der Waals surface area contributed by atoms with Crippen LogP contribution < -0.4 is 15.4 Å². The van der Waals surface area contributed by atoms with Crippen molar-refractivity contribution < 1.29 is 18.7 Å². The zero-order valence-electron chi connectivity index (χ0n) is 15.3. The van der Waals surface area contributed by atoms with Crippen LogP contribution in [-0.2, 0) is 11.2 Å². The van der Waals surface area contributed by atoms with E-state index in [4.69, 9.17) is 4.74 Å². The van der Waals surface area contributed by atoms with Gasteiger partial charge in [-0.3, -0.25) is 9.59 Å². The number of fused-ring (bicyclic) bond motifs is 1. The van der Waals surface area contributed by atoms with E-state index in [1.165, 1.54) is 30.4 Å². The Bertz CT molecular complexity index is 838. The number of ether oxygens (including phenoxy) is 1. The minimum atomic E-state index is -0.588. The number of carbonyl (C=O) groups excluding carboxylic acids is 2. The van der Waals surface area contributed by atoms with Crippen LogP contribution in [0.15, 0.2) is 42.5 Å². The standard InChI is InChI=1S/C21H23FN2O3/c1-27-20-8-6-15(12-17(20)22)19(25)7-9-21(26)24-13-18-16-5-3-2-4-14(16)10-11-23-18/h2-6,8,12,18,23H,7,9-11,13H2,1H3,(H,24,26). The second kappa shape index (κ2) is 8.77. The second-order valence-electron chi connectivity index (χ2n) is 6.53. The van der Waals surface area contributed by atoms with E-state index in [1.807, 2.05) is 12.1 Å². The van der Waals surface area contributed by atoms with Gasteiger partial charge in [0.25, 0.3) is 0 Å². The summed E-state index contributed by atoms with van der Waals surface area (Å²) in [6.07, 6.45) is 1.08. The van der Waals surface area contributed by atoms with Gasteiger partial charge < -0.3 is 15.4 Å². The Kier molecular flexibility index (Phi) is 6.19. The number of halogens is 1. The number of benzene rings is 2. The largest absolute Gasteiger partial charge is 0.494 e. The molecule has 6 heteroatoms. The zero-order valence-corrected chi connectivity index (χ0v) is 15.3. The third kappa shape index (κ3) is 4.71. The van der Waals surface area contributed by atoms with Gasteiger partial charge in [-0.25, -0.2) is 4.39 Å². The maximum absolute atomic E-state index is 13.7. The predicted molar refractivity (Wildman–Crippen MR) is 100 cm³/mol. The Labute approximate surface area is 157 Å². The molecule has 0 bridgehead atoms. The maximum atomic E-state index is 13.7. The number of methoxy groups -OCH3 is 1. The van der Waals surface area contributed by atoms with Crippen molar-refractivity contribution in [2.24, 2.45) is 0 Å². The topological polar surface area (TPSA) is 67.4 Å². The molecule has 0 saturated heterocycles. The first kappa shape index (κ1) is 19.0. The molecule has 27 heavy (non-hydrogen) atoms. The minimum Gasteiger partial charge on any atom is -0.494 e. The van der Waals surface area contributed by atoms with Crippen LogP contribution in [0.1, 0.15) is 40.4 Å². The van der Waals surface area contributed by atoms with E-state index in [0.717, 1.165) is 19.0 Å². The number of hydrogen-bond donors (Lipinski definition) is 2. The van der Waals surface area contributed by atoms with E-state index in [2.05, 4.69) is 22.8 Å². The molecule has 1 aliphatic rings. The number of hydrogen-bond acceptors (Lipinski definition) is 4. The van der Waals surface area contributed by atoms with Crippen LogP contribution in [-0.4, -0.2) is 31.9 Å². The van der Waals surface area contributed by atoms with E-state index in [0.29, 0.717) is 6.54 Å². The number of carbonyl (C=O) groups is 2. The van der Waals surface area contributed by atoms with Crippen molar-refractivity contribution in [1.82, 2.24) is 10.6 Å². The molecule has 1 amide bonds. The lowest BCUT2D eigenvalue weighted by atomic mass is 9.94. The molecular weight excluding hydrogens is 347 g/mol. The summed E-state index contributed by atoms with van der Waals surface area (Å²) in [5.74, 6) is -0.963. The van der Waals surface area contributed by atoms with E-state index >= 15 is 0 Å². The van der Waals surface area contributed by atoms with Gasteiger partial charge >= 0.3 is 0 Å². The summed E-state index contributed by atoms with van der Waals surface area (Å²) in [6, 6.07) is 12.3. The molecule has 0 fully saturated rings. The Morgan fingerprint density at radius 2 is 2.04 bits per heavy atom. The van der Waals surface area contributed by atoms with Crippen molar-refractivity contribution in [3.05, 3.63) is 65.0 Å². The van der Waals surface area contributed by atoms with Crippen LogP contribution in [0.2, 0.25) is 0 Å². The number of ketones is 1. The van der Waals surface area contributed by atoms with E-state index in [1.54, 1.807) is 0 Å². The van der Waals surface area contributed by atoms with Crippen LogP contribution in [0.4, 0.5) is 4.39 Å². The minimum absolute atomic E-state index is 0.0340. The van der Waals surface area contributed by atoms with Gasteiger partial charge in [-0.1, -0.05) is 24.3 Å².